The monoisotopic (exact) mass is 386 g/mol. The Bertz CT molecular complexity index is 389. The van der Waals surface area contributed by atoms with Gasteiger partial charge in [0.05, 0.1) is 13.2 Å². The molecule has 0 aromatic rings. The molecule has 0 heterocycles. The first kappa shape index (κ1) is 24.3. The van der Waals surface area contributed by atoms with E-state index in [1.165, 1.54) is 19.3 Å². The van der Waals surface area contributed by atoms with Gasteiger partial charge in [-0.15, -0.1) is 0 Å². The molecule has 0 rings (SSSR count). The topological polar surface area (TPSA) is 93.1 Å². The minimum Gasteiger partial charge on any atom is -0.396 e. The molecule has 2 unspecified atom stereocenters. The van der Waals surface area contributed by atoms with Gasteiger partial charge in [-0.3, -0.25) is 9.13 Å². The minimum absolute atomic E-state index is 0.123. The quantitative estimate of drug-likeness (QED) is 0.270. The van der Waals surface area contributed by atoms with Crippen molar-refractivity contribution >= 4 is 15.0 Å². The van der Waals surface area contributed by atoms with E-state index in [2.05, 4.69) is 0 Å². The van der Waals surface area contributed by atoms with Crippen LogP contribution in [0.25, 0.3) is 0 Å². The summed E-state index contributed by atoms with van der Waals surface area (Å²) in [7, 11) is -6.94. The third-order valence-electron chi connectivity index (χ3n) is 3.75. The Morgan fingerprint density at radius 3 is 1.67 bits per heavy atom. The maximum atomic E-state index is 12.7. The number of unbranched alkanes of at least 4 members (excludes halogenated alkanes) is 8. The lowest BCUT2D eigenvalue weighted by molar-refractivity contribution is 0.274. The maximum absolute atomic E-state index is 12.7. The van der Waals surface area contributed by atoms with Crippen molar-refractivity contribution in [2.24, 2.45) is 0 Å². The lowest BCUT2D eigenvalue weighted by Gasteiger charge is -2.20. The van der Waals surface area contributed by atoms with E-state index in [4.69, 9.17) is 14.2 Å². The molecular weight excluding hydrogens is 350 g/mol. The van der Waals surface area contributed by atoms with Gasteiger partial charge in [-0.25, -0.2) is 0 Å². The normalized spacial score (nSPS) is 16.7. The van der Waals surface area contributed by atoms with Gasteiger partial charge in [0.25, 0.3) is 0 Å². The fourth-order valence-electron chi connectivity index (χ4n) is 2.63. The van der Waals surface area contributed by atoms with E-state index >= 15 is 0 Å². The molecule has 24 heavy (non-hydrogen) atoms. The van der Waals surface area contributed by atoms with Gasteiger partial charge in [-0.1, -0.05) is 44.9 Å². The molecule has 2 atom stereocenters. The minimum atomic E-state index is -3.83. The Morgan fingerprint density at radius 1 is 0.750 bits per heavy atom. The van der Waals surface area contributed by atoms with Crippen LogP contribution >= 0.6 is 15.0 Å². The largest absolute Gasteiger partial charge is 0.396 e. The summed E-state index contributed by atoms with van der Waals surface area (Å²) in [5, 5.41) is 8.70. The number of hydrogen-bond acceptors (Lipinski definition) is 5. The zero-order valence-corrected chi connectivity index (χ0v) is 17.1. The van der Waals surface area contributed by atoms with Gasteiger partial charge in [0, 0.05) is 12.8 Å². The van der Waals surface area contributed by atoms with Crippen LogP contribution in [0.3, 0.4) is 0 Å². The van der Waals surface area contributed by atoms with E-state index in [-0.39, 0.29) is 25.7 Å². The molecule has 0 radical (unpaired) electrons. The first-order chi connectivity index (χ1) is 11.4. The summed E-state index contributed by atoms with van der Waals surface area (Å²) < 4.78 is 34.7. The van der Waals surface area contributed by atoms with Crippen LogP contribution in [0.1, 0.15) is 71.6 Å². The predicted molar refractivity (Wildman–Crippen MR) is 99.1 cm³/mol. The molecule has 146 valence electrons. The summed E-state index contributed by atoms with van der Waals surface area (Å²) in [6.45, 7) is 4.06. The second-order valence-corrected chi connectivity index (χ2v) is 11.1. The summed E-state index contributed by atoms with van der Waals surface area (Å²) in [6.07, 6.45) is 9.80. The fraction of sp³-hybridized carbons (Fsp3) is 1.00. The SMILES string of the molecule is CCOP(=O)(O)CP(=O)(CCCCCCCCCCCO)OCC. The van der Waals surface area contributed by atoms with Gasteiger partial charge < -0.3 is 19.0 Å². The van der Waals surface area contributed by atoms with E-state index in [1.807, 2.05) is 0 Å². The van der Waals surface area contributed by atoms with Gasteiger partial charge in [-0.05, 0) is 26.7 Å². The van der Waals surface area contributed by atoms with E-state index in [0.29, 0.717) is 6.16 Å². The lowest BCUT2D eigenvalue weighted by atomic mass is 10.1. The molecule has 0 amide bonds. The van der Waals surface area contributed by atoms with Crippen molar-refractivity contribution in [1.29, 1.82) is 0 Å². The van der Waals surface area contributed by atoms with Crippen molar-refractivity contribution in [3.8, 4) is 0 Å². The molecule has 8 heteroatoms. The van der Waals surface area contributed by atoms with Crippen molar-refractivity contribution in [2.75, 3.05) is 31.9 Å². The summed E-state index contributed by atoms with van der Waals surface area (Å²) in [5.74, 6) is -0.382. The highest BCUT2D eigenvalue weighted by molar-refractivity contribution is 7.73. The van der Waals surface area contributed by atoms with Crippen LogP contribution in [0.4, 0.5) is 0 Å². The smallest absolute Gasteiger partial charge is 0.337 e. The number of aliphatic hydroxyl groups excluding tert-OH is 1. The second kappa shape index (κ2) is 14.5. The third-order valence-corrected chi connectivity index (χ3v) is 9.29. The molecule has 0 aromatic heterocycles. The average molecular weight is 386 g/mol. The van der Waals surface area contributed by atoms with Crippen LogP contribution in [0.2, 0.25) is 0 Å². The number of hydrogen-bond donors (Lipinski definition) is 2. The molecule has 0 aliphatic heterocycles. The molecular formula is C16H36O6P2. The molecule has 0 saturated heterocycles. The van der Waals surface area contributed by atoms with Crippen LogP contribution < -0.4 is 0 Å². The number of aliphatic hydroxyl groups is 1. The second-order valence-electron chi connectivity index (χ2n) is 6.06. The lowest BCUT2D eigenvalue weighted by Crippen LogP contribution is -2.03. The molecule has 0 fully saturated rings. The molecule has 6 nitrogen and oxygen atoms in total. The Balaban J connectivity index is 3.93. The van der Waals surface area contributed by atoms with E-state index in [0.717, 1.165) is 38.5 Å². The average Bonchev–Trinajstić information content (AvgIpc) is 2.48. The highest BCUT2D eigenvalue weighted by Crippen LogP contribution is 2.61. The summed E-state index contributed by atoms with van der Waals surface area (Å²) >= 11 is 0. The van der Waals surface area contributed by atoms with Crippen LogP contribution in [0.5, 0.6) is 0 Å². The Morgan fingerprint density at radius 2 is 1.21 bits per heavy atom. The van der Waals surface area contributed by atoms with Crippen LogP contribution in [-0.2, 0) is 18.2 Å². The highest BCUT2D eigenvalue weighted by Gasteiger charge is 2.33. The van der Waals surface area contributed by atoms with Gasteiger partial charge in [-0.2, -0.15) is 0 Å². The third kappa shape index (κ3) is 13.6. The van der Waals surface area contributed by atoms with Crippen molar-refractivity contribution in [1.82, 2.24) is 0 Å². The molecule has 0 saturated carbocycles. The van der Waals surface area contributed by atoms with E-state index in [9.17, 15) is 14.0 Å². The van der Waals surface area contributed by atoms with E-state index < -0.39 is 15.0 Å². The number of rotatable bonds is 17. The first-order valence-corrected chi connectivity index (χ1v) is 12.9. The maximum Gasteiger partial charge on any atom is 0.337 e. The van der Waals surface area contributed by atoms with Crippen LogP contribution in [-0.4, -0.2) is 41.9 Å². The molecule has 0 aromatic carbocycles. The van der Waals surface area contributed by atoms with Gasteiger partial charge in [0.1, 0.15) is 5.90 Å². The molecule has 0 aliphatic rings. The van der Waals surface area contributed by atoms with Crippen molar-refractivity contribution in [3.63, 3.8) is 0 Å². The summed E-state index contributed by atoms with van der Waals surface area (Å²) in [4.78, 5) is 9.70. The zero-order valence-electron chi connectivity index (χ0n) is 15.3. The Labute approximate surface area is 147 Å². The highest BCUT2D eigenvalue weighted by atomic mass is 31.2. The fourth-order valence-corrected chi connectivity index (χ4v) is 7.73. The Hall–Kier alpha value is 0.300. The first-order valence-electron chi connectivity index (χ1n) is 9.19. The molecule has 2 N–H and O–H groups in total. The van der Waals surface area contributed by atoms with E-state index in [1.54, 1.807) is 13.8 Å². The van der Waals surface area contributed by atoms with Gasteiger partial charge >= 0.3 is 7.60 Å². The molecule has 0 aliphatic carbocycles. The Kier molecular flexibility index (Phi) is 14.6. The predicted octanol–water partition coefficient (Wildman–Crippen LogP) is 4.98. The molecule has 0 spiro atoms. The molecule has 0 bridgehead atoms. The zero-order chi connectivity index (χ0) is 18.3. The van der Waals surface area contributed by atoms with Crippen LogP contribution in [0, 0.1) is 0 Å². The van der Waals surface area contributed by atoms with Crippen molar-refractivity contribution in [3.05, 3.63) is 0 Å². The van der Waals surface area contributed by atoms with Crippen LogP contribution in [0.15, 0.2) is 0 Å². The van der Waals surface area contributed by atoms with Crippen molar-refractivity contribution < 1.29 is 28.2 Å². The summed E-state index contributed by atoms with van der Waals surface area (Å²) in [6, 6.07) is 0. The van der Waals surface area contributed by atoms with Gasteiger partial charge in [0.15, 0.2) is 0 Å². The standard InChI is InChI=1S/C16H36O6P2/c1-3-21-23(18,16-24(19,20)22-4-2)15-13-11-9-7-5-6-8-10-12-14-17/h17H,3-16H2,1-2H3,(H,19,20). The van der Waals surface area contributed by atoms with Crippen molar-refractivity contribution in [2.45, 2.75) is 71.6 Å². The summed E-state index contributed by atoms with van der Waals surface area (Å²) in [5.41, 5.74) is 0. The van der Waals surface area contributed by atoms with Gasteiger partial charge in [0.2, 0.25) is 7.37 Å².